The average Bonchev–Trinajstić information content (AvgIpc) is 2.44. The summed E-state index contributed by atoms with van der Waals surface area (Å²) in [6.07, 6.45) is 0.670. The number of hydrogen-bond donors (Lipinski definition) is 1. The van der Waals surface area contributed by atoms with Crippen molar-refractivity contribution >= 4 is 55.1 Å². The van der Waals surface area contributed by atoms with Crippen molar-refractivity contribution in [2.24, 2.45) is 0 Å². The van der Waals surface area contributed by atoms with Crippen molar-refractivity contribution in [3.05, 3.63) is 38.9 Å². The Balaban J connectivity index is 3.15. The second-order valence-electron chi connectivity index (χ2n) is 4.27. The van der Waals surface area contributed by atoms with E-state index in [9.17, 15) is 14.9 Å². The van der Waals surface area contributed by atoms with Crippen LogP contribution in [0.15, 0.2) is 18.2 Å². The number of nitrogens with one attached hydrogen (secondary N) is 1. The molecular formula is C12H13Br2ClN2O3. The van der Waals surface area contributed by atoms with Gasteiger partial charge in [-0.1, -0.05) is 50.4 Å². The monoisotopic (exact) mass is 426 g/mol. The van der Waals surface area contributed by atoms with E-state index in [4.69, 9.17) is 11.6 Å². The maximum Gasteiger partial charge on any atom is 0.282 e. The highest BCUT2D eigenvalue weighted by Gasteiger charge is 2.30. The van der Waals surface area contributed by atoms with Crippen LogP contribution in [0.5, 0.6) is 0 Å². The van der Waals surface area contributed by atoms with E-state index in [1.807, 2.05) is 6.92 Å². The van der Waals surface area contributed by atoms with Crippen LogP contribution in [0.3, 0.4) is 0 Å². The lowest BCUT2D eigenvalue weighted by atomic mass is 10.0. The second kappa shape index (κ2) is 7.38. The minimum atomic E-state index is -0.596. The third kappa shape index (κ3) is 3.93. The van der Waals surface area contributed by atoms with Crippen molar-refractivity contribution in [2.45, 2.75) is 18.9 Å². The quantitative estimate of drug-likeness (QED) is 0.424. The molecule has 0 spiro atoms. The van der Waals surface area contributed by atoms with Gasteiger partial charge < -0.3 is 5.32 Å². The maximum atomic E-state index is 12.3. The van der Waals surface area contributed by atoms with E-state index < -0.39 is 16.4 Å². The van der Waals surface area contributed by atoms with Crippen LogP contribution in [0.1, 0.15) is 23.7 Å². The van der Waals surface area contributed by atoms with E-state index >= 15 is 0 Å². The molecule has 8 heteroatoms. The van der Waals surface area contributed by atoms with Crippen LogP contribution in [0.25, 0.3) is 0 Å². The number of nitrogens with zero attached hydrogens (tertiary/aromatic N) is 1. The number of amides is 1. The van der Waals surface area contributed by atoms with Crippen LogP contribution in [0, 0.1) is 10.1 Å². The summed E-state index contributed by atoms with van der Waals surface area (Å²) in [5.41, 5.74) is -0.809. The molecule has 1 aromatic rings. The summed E-state index contributed by atoms with van der Waals surface area (Å²) in [5.74, 6) is -0.514. The Kier molecular flexibility index (Phi) is 6.42. The molecule has 0 bridgehead atoms. The van der Waals surface area contributed by atoms with Crippen LogP contribution in [-0.4, -0.2) is 27.0 Å². The van der Waals surface area contributed by atoms with Crippen molar-refractivity contribution < 1.29 is 9.72 Å². The summed E-state index contributed by atoms with van der Waals surface area (Å²) >= 11 is 12.5. The Bertz CT molecular complexity index is 513. The Hall–Kier alpha value is -0.660. The lowest BCUT2D eigenvalue weighted by molar-refractivity contribution is -0.385. The Morgan fingerprint density at radius 2 is 2.05 bits per heavy atom. The predicted octanol–water partition coefficient (Wildman–Crippen LogP) is 3.92. The molecule has 0 atom stereocenters. The summed E-state index contributed by atoms with van der Waals surface area (Å²) in [6, 6.07) is 3.92. The molecule has 0 aliphatic rings. The molecule has 0 aliphatic carbocycles. The van der Waals surface area contributed by atoms with E-state index in [2.05, 4.69) is 37.2 Å². The molecule has 0 radical (unpaired) electrons. The minimum Gasteiger partial charge on any atom is -0.345 e. The normalized spacial score (nSPS) is 11.2. The number of nitro groups is 1. The summed E-state index contributed by atoms with van der Waals surface area (Å²) < 4.78 is 0. The van der Waals surface area contributed by atoms with Crippen molar-refractivity contribution in [1.82, 2.24) is 5.32 Å². The molecule has 0 saturated heterocycles. The smallest absolute Gasteiger partial charge is 0.282 e. The fraction of sp³-hybridized carbons (Fsp3) is 0.417. The van der Waals surface area contributed by atoms with Gasteiger partial charge in [-0.15, -0.1) is 0 Å². The molecular weight excluding hydrogens is 415 g/mol. The van der Waals surface area contributed by atoms with Crippen LogP contribution in [-0.2, 0) is 0 Å². The van der Waals surface area contributed by atoms with Crippen LogP contribution >= 0.6 is 43.5 Å². The predicted molar refractivity (Wildman–Crippen MR) is 86.2 cm³/mol. The first-order valence-corrected chi connectivity index (χ1v) is 8.39. The molecule has 20 heavy (non-hydrogen) atoms. The standard InChI is InChI=1S/C12H13Br2ClN2O3/c1-2-12(6-13,7-14)16-11(18)9-5-8(15)3-4-10(9)17(19)20/h3-5H,2,6-7H2,1H3,(H,16,18). The highest BCUT2D eigenvalue weighted by Crippen LogP contribution is 2.24. The highest BCUT2D eigenvalue weighted by molar-refractivity contribution is 9.09. The van der Waals surface area contributed by atoms with Gasteiger partial charge in [0.15, 0.2) is 0 Å². The van der Waals surface area contributed by atoms with Gasteiger partial charge in [-0.05, 0) is 18.6 Å². The number of carbonyl (C=O) groups excluding carboxylic acids is 1. The van der Waals surface area contributed by atoms with Crippen molar-refractivity contribution in [3.63, 3.8) is 0 Å². The Morgan fingerprint density at radius 3 is 2.50 bits per heavy atom. The topological polar surface area (TPSA) is 72.2 Å². The number of halogens is 3. The molecule has 0 fully saturated rings. The summed E-state index contributed by atoms with van der Waals surface area (Å²) in [5, 5.41) is 15.1. The molecule has 1 rings (SSSR count). The van der Waals surface area contributed by atoms with E-state index in [0.717, 1.165) is 0 Å². The average molecular weight is 429 g/mol. The minimum absolute atomic E-state index is 0.0396. The highest BCUT2D eigenvalue weighted by atomic mass is 79.9. The van der Waals surface area contributed by atoms with E-state index in [0.29, 0.717) is 17.1 Å². The van der Waals surface area contributed by atoms with Gasteiger partial charge in [0.1, 0.15) is 5.56 Å². The van der Waals surface area contributed by atoms with Gasteiger partial charge >= 0.3 is 0 Å². The molecule has 0 heterocycles. The van der Waals surface area contributed by atoms with E-state index in [-0.39, 0.29) is 16.3 Å². The number of alkyl halides is 2. The van der Waals surface area contributed by atoms with Crippen LogP contribution < -0.4 is 5.32 Å². The first-order chi connectivity index (χ1) is 9.39. The molecule has 1 aromatic carbocycles. The second-order valence-corrected chi connectivity index (χ2v) is 5.83. The number of nitro benzene ring substituents is 1. The number of carbonyl (C=O) groups is 1. The molecule has 0 aromatic heterocycles. The zero-order chi connectivity index (χ0) is 15.3. The first-order valence-electron chi connectivity index (χ1n) is 5.77. The molecule has 0 unspecified atom stereocenters. The number of hydrogen-bond acceptors (Lipinski definition) is 3. The lowest BCUT2D eigenvalue weighted by Crippen LogP contribution is -2.51. The summed E-state index contributed by atoms with van der Waals surface area (Å²) in [4.78, 5) is 22.7. The SMILES string of the molecule is CCC(CBr)(CBr)NC(=O)c1cc(Cl)ccc1[N+](=O)[O-]. The third-order valence-corrected chi connectivity index (χ3v) is 5.35. The van der Waals surface area contributed by atoms with Crippen molar-refractivity contribution in [1.29, 1.82) is 0 Å². The summed E-state index contributed by atoms with van der Waals surface area (Å²) in [6.45, 7) is 1.93. The van der Waals surface area contributed by atoms with E-state index in [1.54, 1.807) is 0 Å². The molecule has 0 saturated carbocycles. The van der Waals surface area contributed by atoms with Gasteiger partial charge in [-0.2, -0.15) is 0 Å². The van der Waals surface area contributed by atoms with Gasteiger partial charge in [0.25, 0.3) is 11.6 Å². The van der Waals surface area contributed by atoms with Crippen LogP contribution in [0.2, 0.25) is 5.02 Å². The van der Waals surface area contributed by atoms with Gasteiger partial charge in [0, 0.05) is 21.7 Å². The fourth-order valence-electron chi connectivity index (χ4n) is 1.54. The zero-order valence-electron chi connectivity index (χ0n) is 10.7. The number of benzene rings is 1. The van der Waals surface area contributed by atoms with Gasteiger partial charge in [0.05, 0.1) is 10.5 Å². The molecule has 5 nitrogen and oxygen atoms in total. The Morgan fingerprint density at radius 1 is 1.45 bits per heavy atom. The van der Waals surface area contributed by atoms with Gasteiger partial charge in [-0.25, -0.2) is 0 Å². The Labute approximate surface area is 138 Å². The first kappa shape index (κ1) is 17.4. The van der Waals surface area contributed by atoms with Gasteiger partial charge in [-0.3, -0.25) is 14.9 Å². The van der Waals surface area contributed by atoms with Crippen molar-refractivity contribution in [3.8, 4) is 0 Å². The van der Waals surface area contributed by atoms with Crippen molar-refractivity contribution in [2.75, 3.05) is 10.7 Å². The maximum absolute atomic E-state index is 12.3. The summed E-state index contributed by atoms with van der Waals surface area (Å²) in [7, 11) is 0. The molecule has 1 N–H and O–H groups in total. The molecule has 1 amide bonds. The van der Waals surface area contributed by atoms with Crippen LogP contribution in [0.4, 0.5) is 5.69 Å². The third-order valence-electron chi connectivity index (χ3n) is 2.97. The van der Waals surface area contributed by atoms with Gasteiger partial charge in [0.2, 0.25) is 0 Å². The molecule has 0 aliphatic heterocycles. The van der Waals surface area contributed by atoms with E-state index in [1.165, 1.54) is 18.2 Å². The number of rotatable bonds is 6. The largest absolute Gasteiger partial charge is 0.345 e. The lowest BCUT2D eigenvalue weighted by Gasteiger charge is -2.29. The molecule has 110 valence electrons. The zero-order valence-corrected chi connectivity index (χ0v) is 14.6. The fourth-order valence-corrected chi connectivity index (χ4v) is 3.71.